The largest absolute Gasteiger partial charge is 0.319 e. The molecule has 1 fully saturated rings. The smallest absolute Gasteiger partial charge is 0.0387 e. The molecular weight excluding hydrogens is 208 g/mol. The Kier molecular flexibility index (Phi) is 3.55. The first-order chi connectivity index (χ1) is 8.13. The number of rotatable bonds is 5. The lowest BCUT2D eigenvalue weighted by atomic mass is 9.88. The van der Waals surface area contributed by atoms with Crippen molar-refractivity contribution in [1.29, 1.82) is 0 Å². The van der Waals surface area contributed by atoms with Crippen LogP contribution in [0.5, 0.6) is 0 Å². The van der Waals surface area contributed by atoms with E-state index in [0.717, 1.165) is 6.54 Å². The molecule has 1 aliphatic rings. The van der Waals surface area contributed by atoms with Crippen LogP contribution < -0.4 is 10.6 Å². The molecule has 0 saturated heterocycles. The van der Waals surface area contributed by atoms with E-state index in [0.29, 0.717) is 11.5 Å². The quantitative estimate of drug-likeness (QED) is 0.815. The van der Waals surface area contributed by atoms with Crippen LogP contribution in [0.3, 0.4) is 0 Å². The molecule has 1 atom stereocenters. The Hall–Kier alpha value is -0.860. The number of benzene rings is 1. The van der Waals surface area contributed by atoms with E-state index in [9.17, 15) is 0 Å². The minimum Gasteiger partial charge on any atom is -0.319 e. The first kappa shape index (κ1) is 12.6. The van der Waals surface area contributed by atoms with E-state index in [-0.39, 0.29) is 0 Å². The van der Waals surface area contributed by atoms with Gasteiger partial charge in [0.05, 0.1) is 0 Å². The molecule has 0 radical (unpaired) electrons. The summed E-state index contributed by atoms with van der Waals surface area (Å²) in [6.07, 6.45) is 2.65. The summed E-state index contributed by atoms with van der Waals surface area (Å²) in [5, 5.41) is 6.85. The molecule has 2 nitrogen and oxygen atoms in total. The van der Waals surface area contributed by atoms with E-state index < -0.39 is 0 Å². The molecule has 0 aromatic heterocycles. The molecule has 94 valence electrons. The number of nitrogens with one attached hydrogen (secondary N) is 2. The Labute approximate surface area is 105 Å². The second-order valence-electron chi connectivity index (χ2n) is 5.46. The molecule has 2 N–H and O–H groups in total. The second-order valence-corrected chi connectivity index (χ2v) is 5.46. The van der Waals surface area contributed by atoms with Crippen LogP contribution in [-0.2, 0) is 0 Å². The van der Waals surface area contributed by atoms with E-state index in [1.54, 1.807) is 0 Å². The molecular formula is C15H24N2. The summed E-state index contributed by atoms with van der Waals surface area (Å²) in [5.74, 6) is 0. The predicted octanol–water partition coefficient (Wildman–Crippen LogP) is 2.56. The standard InChI is InChI=1S/C15H24N2/c1-11-5-6-13(9-12(11)2)14(17-4)15(7-8-15)10-16-3/h5-6,9,14,16-17H,7-8,10H2,1-4H3. The van der Waals surface area contributed by atoms with Crippen LogP contribution in [0.2, 0.25) is 0 Å². The van der Waals surface area contributed by atoms with Crippen LogP contribution >= 0.6 is 0 Å². The van der Waals surface area contributed by atoms with Crippen molar-refractivity contribution in [2.24, 2.45) is 5.41 Å². The number of hydrogen-bond acceptors (Lipinski definition) is 2. The minimum atomic E-state index is 0.436. The van der Waals surface area contributed by atoms with Crippen LogP contribution in [0.4, 0.5) is 0 Å². The van der Waals surface area contributed by atoms with Crippen molar-refractivity contribution in [1.82, 2.24) is 10.6 Å². The van der Waals surface area contributed by atoms with Gasteiger partial charge in [-0.1, -0.05) is 18.2 Å². The van der Waals surface area contributed by atoms with Gasteiger partial charge in [-0.15, -0.1) is 0 Å². The molecule has 0 heterocycles. The van der Waals surface area contributed by atoms with E-state index in [1.165, 1.54) is 29.5 Å². The Balaban J connectivity index is 2.26. The van der Waals surface area contributed by atoms with E-state index in [1.807, 2.05) is 7.05 Å². The number of hydrogen-bond donors (Lipinski definition) is 2. The molecule has 2 heteroatoms. The molecule has 1 saturated carbocycles. The van der Waals surface area contributed by atoms with Gasteiger partial charge in [0.1, 0.15) is 0 Å². The summed E-state index contributed by atoms with van der Waals surface area (Å²) in [6, 6.07) is 7.34. The third-order valence-electron chi connectivity index (χ3n) is 4.19. The van der Waals surface area contributed by atoms with Gasteiger partial charge in [0.15, 0.2) is 0 Å². The van der Waals surface area contributed by atoms with Crippen molar-refractivity contribution in [3.8, 4) is 0 Å². The lowest BCUT2D eigenvalue weighted by Gasteiger charge is -2.27. The Bertz CT molecular complexity index is 394. The maximum atomic E-state index is 3.51. The summed E-state index contributed by atoms with van der Waals surface area (Å²) in [5.41, 5.74) is 4.64. The highest BCUT2D eigenvalue weighted by Crippen LogP contribution is 2.54. The highest BCUT2D eigenvalue weighted by molar-refractivity contribution is 5.33. The molecule has 0 spiro atoms. The fourth-order valence-corrected chi connectivity index (χ4v) is 2.85. The topological polar surface area (TPSA) is 24.1 Å². The maximum Gasteiger partial charge on any atom is 0.0387 e. The van der Waals surface area contributed by atoms with Gasteiger partial charge < -0.3 is 10.6 Å². The Morgan fingerprint density at radius 3 is 2.35 bits per heavy atom. The minimum absolute atomic E-state index is 0.436. The van der Waals surface area contributed by atoms with Crippen molar-refractivity contribution in [2.75, 3.05) is 20.6 Å². The normalized spacial score (nSPS) is 19.1. The second kappa shape index (κ2) is 4.79. The van der Waals surface area contributed by atoms with Gasteiger partial charge in [-0.2, -0.15) is 0 Å². The van der Waals surface area contributed by atoms with Gasteiger partial charge >= 0.3 is 0 Å². The highest BCUT2D eigenvalue weighted by atomic mass is 15.0. The Morgan fingerprint density at radius 1 is 1.18 bits per heavy atom. The Morgan fingerprint density at radius 2 is 1.88 bits per heavy atom. The predicted molar refractivity (Wildman–Crippen MR) is 73.3 cm³/mol. The molecule has 1 aromatic rings. The summed E-state index contributed by atoms with van der Waals surface area (Å²) in [6.45, 7) is 5.47. The average molecular weight is 232 g/mol. The summed E-state index contributed by atoms with van der Waals surface area (Å²) >= 11 is 0. The summed E-state index contributed by atoms with van der Waals surface area (Å²) in [4.78, 5) is 0. The SMILES string of the molecule is CNCC1(C(NC)c2ccc(C)c(C)c2)CC1. The van der Waals surface area contributed by atoms with Crippen molar-refractivity contribution in [3.63, 3.8) is 0 Å². The van der Waals surface area contributed by atoms with Crippen LogP contribution in [0.15, 0.2) is 18.2 Å². The third kappa shape index (κ3) is 2.38. The first-order valence-electron chi connectivity index (χ1n) is 6.52. The van der Waals surface area contributed by atoms with Gasteiger partial charge in [-0.3, -0.25) is 0 Å². The monoisotopic (exact) mass is 232 g/mol. The van der Waals surface area contributed by atoms with Gasteiger partial charge in [-0.05, 0) is 57.5 Å². The fraction of sp³-hybridized carbons (Fsp3) is 0.600. The summed E-state index contributed by atoms with van der Waals surface area (Å²) in [7, 11) is 4.13. The molecule has 2 rings (SSSR count). The zero-order chi connectivity index (χ0) is 12.5. The van der Waals surface area contributed by atoms with Crippen LogP contribution in [-0.4, -0.2) is 20.6 Å². The number of aryl methyl sites for hydroxylation is 2. The van der Waals surface area contributed by atoms with Crippen LogP contribution in [0, 0.1) is 19.3 Å². The third-order valence-corrected chi connectivity index (χ3v) is 4.19. The lowest BCUT2D eigenvalue weighted by molar-refractivity contribution is 0.346. The summed E-state index contributed by atoms with van der Waals surface area (Å²) < 4.78 is 0. The first-order valence-corrected chi connectivity index (χ1v) is 6.52. The molecule has 0 bridgehead atoms. The van der Waals surface area contributed by atoms with E-state index >= 15 is 0 Å². The average Bonchev–Trinajstić information content (AvgIpc) is 3.05. The highest BCUT2D eigenvalue weighted by Gasteiger charge is 2.48. The van der Waals surface area contributed by atoms with E-state index in [4.69, 9.17) is 0 Å². The van der Waals surface area contributed by atoms with Crippen molar-refractivity contribution in [3.05, 3.63) is 34.9 Å². The van der Waals surface area contributed by atoms with Gasteiger partial charge in [0.25, 0.3) is 0 Å². The lowest BCUT2D eigenvalue weighted by Crippen LogP contribution is -2.33. The maximum absolute atomic E-state index is 3.51. The van der Waals surface area contributed by atoms with Crippen LogP contribution in [0.25, 0.3) is 0 Å². The molecule has 0 aliphatic heterocycles. The van der Waals surface area contributed by atoms with Gasteiger partial charge in [0.2, 0.25) is 0 Å². The van der Waals surface area contributed by atoms with Crippen LogP contribution in [0.1, 0.15) is 35.6 Å². The van der Waals surface area contributed by atoms with Crippen molar-refractivity contribution >= 4 is 0 Å². The molecule has 1 unspecified atom stereocenters. The molecule has 17 heavy (non-hydrogen) atoms. The fourth-order valence-electron chi connectivity index (χ4n) is 2.85. The molecule has 1 aliphatic carbocycles. The van der Waals surface area contributed by atoms with Crippen molar-refractivity contribution < 1.29 is 0 Å². The van der Waals surface area contributed by atoms with Crippen molar-refractivity contribution in [2.45, 2.75) is 32.7 Å². The zero-order valence-corrected chi connectivity index (χ0v) is 11.4. The molecule has 1 aromatic carbocycles. The van der Waals surface area contributed by atoms with Gasteiger partial charge in [0, 0.05) is 18.0 Å². The molecule has 0 amide bonds. The zero-order valence-electron chi connectivity index (χ0n) is 11.4. The van der Waals surface area contributed by atoms with E-state index in [2.05, 4.69) is 49.7 Å². The van der Waals surface area contributed by atoms with Gasteiger partial charge in [-0.25, -0.2) is 0 Å².